The molecule has 6 heteroatoms. The third kappa shape index (κ3) is 3.88. The van der Waals surface area contributed by atoms with Gasteiger partial charge >= 0.3 is 17.9 Å². The van der Waals surface area contributed by atoms with Gasteiger partial charge in [-0.2, -0.15) is 0 Å². The fraction of sp³-hybridized carbons (Fsp3) is 0.808. The first-order valence-electron chi connectivity index (χ1n) is 12.3. The maximum absolute atomic E-state index is 12.4. The Kier molecular flexibility index (Phi) is 6.43. The average Bonchev–Trinajstić information content (AvgIpc) is 3.14. The van der Waals surface area contributed by atoms with Crippen molar-refractivity contribution in [3.05, 3.63) is 11.1 Å². The van der Waals surface area contributed by atoms with E-state index in [0.717, 1.165) is 57.8 Å². The van der Waals surface area contributed by atoms with Crippen molar-refractivity contribution in [3.8, 4) is 0 Å². The molecule has 0 spiro atoms. The summed E-state index contributed by atoms with van der Waals surface area (Å²) < 4.78 is 15.5. The third-order valence-corrected chi connectivity index (χ3v) is 9.49. The summed E-state index contributed by atoms with van der Waals surface area (Å²) in [6, 6.07) is 0. The Balaban J connectivity index is 1.45. The number of carbonyl (C=O) groups is 3. The van der Waals surface area contributed by atoms with Crippen LogP contribution >= 0.6 is 0 Å². The van der Waals surface area contributed by atoms with E-state index in [2.05, 4.69) is 18.6 Å². The van der Waals surface area contributed by atoms with Crippen LogP contribution in [0.1, 0.15) is 84.5 Å². The van der Waals surface area contributed by atoms with Crippen LogP contribution in [0.15, 0.2) is 11.1 Å². The van der Waals surface area contributed by atoms with Crippen molar-refractivity contribution < 1.29 is 28.6 Å². The van der Waals surface area contributed by atoms with E-state index in [1.807, 2.05) is 0 Å². The Labute approximate surface area is 191 Å². The van der Waals surface area contributed by atoms with E-state index in [4.69, 9.17) is 9.47 Å². The molecule has 3 saturated carbocycles. The maximum atomic E-state index is 12.4. The van der Waals surface area contributed by atoms with Gasteiger partial charge in [0, 0.05) is 5.41 Å². The van der Waals surface area contributed by atoms with Crippen LogP contribution in [0.3, 0.4) is 0 Å². The predicted octanol–water partition coefficient (Wildman–Crippen LogP) is 4.75. The number of fused-ring (bicyclic) bond motifs is 4. The summed E-state index contributed by atoms with van der Waals surface area (Å²) in [4.78, 5) is 35.9. The van der Waals surface area contributed by atoms with Crippen LogP contribution in [0.5, 0.6) is 0 Å². The summed E-state index contributed by atoms with van der Waals surface area (Å²) in [5, 5.41) is 0. The number of carbonyl (C=O) groups excluding carboxylic acids is 3. The Morgan fingerprint density at radius 3 is 2.38 bits per heavy atom. The lowest BCUT2D eigenvalue weighted by Gasteiger charge is -2.56. The Morgan fingerprint density at radius 2 is 1.66 bits per heavy atom. The highest BCUT2D eigenvalue weighted by atomic mass is 16.5. The molecule has 0 aromatic heterocycles. The zero-order valence-electron chi connectivity index (χ0n) is 20.0. The summed E-state index contributed by atoms with van der Waals surface area (Å²) in [6.45, 7) is 4.74. The SMILES string of the molecule is COC(=O)CCC(=O)O[C@@H]1CC[C@@]2(C)[C@H](CCC3=C4CC[C@H](C(=O)OC)[C@@]4(C)CC[C@@H]32)C1. The highest BCUT2D eigenvalue weighted by molar-refractivity contribution is 5.77. The second-order valence-electron chi connectivity index (χ2n) is 10.8. The van der Waals surface area contributed by atoms with Crippen molar-refractivity contribution in [2.24, 2.45) is 28.6 Å². The molecule has 0 N–H and O–H groups in total. The standard InChI is InChI=1S/C26H38O6/c1-25-13-11-17(32-23(28)10-9-22(27)30-3)15-16(25)5-6-18-19-7-8-21(24(29)31-4)26(19,2)14-12-20(18)25/h16-17,20-21H,5-15H2,1-4H3/t16-,17-,20+,21-,25+,26+/m1/s1. The van der Waals surface area contributed by atoms with Gasteiger partial charge in [0.25, 0.3) is 0 Å². The summed E-state index contributed by atoms with van der Waals surface area (Å²) in [5.41, 5.74) is 3.40. The molecule has 0 amide bonds. The van der Waals surface area contributed by atoms with Crippen LogP contribution in [0.2, 0.25) is 0 Å². The largest absolute Gasteiger partial charge is 0.469 e. The fourth-order valence-electron chi connectivity index (χ4n) is 7.63. The molecule has 0 aliphatic heterocycles. The van der Waals surface area contributed by atoms with Crippen LogP contribution in [0.25, 0.3) is 0 Å². The minimum atomic E-state index is -0.378. The van der Waals surface area contributed by atoms with Gasteiger partial charge in [-0.1, -0.05) is 25.0 Å². The highest BCUT2D eigenvalue weighted by Crippen LogP contribution is 2.65. The van der Waals surface area contributed by atoms with Gasteiger partial charge in [-0.15, -0.1) is 0 Å². The van der Waals surface area contributed by atoms with Gasteiger partial charge < -0.3 is 14.2 Å². The van der Waals surface area contributed by atoms with Crippen LogP contribution < -0.4 is 0 Å². The molecule has 6 atom stereocenters. The summed E-state index contributed by atoms with van der Waals surface area (Å²) in [7, 11) is 2.84. The van der Waals surface area contributed by atoms with Crippen molar-refractivity contribution in [3.63, 3.8) is 0 Å². The zero-order chi connectivity index (χ0) is 23.1. The molecule has 0 radical (unpaired) electrons. The second-order valence-corrected chi connectivity index (χ2v) is 10.8. The van der Waals surface area contributed by atoms with Crippen LogP contribution in [-0.2, 0) is 28.6 Å². The van der Waals surface area contributed by atoms with Crippen LogP contribution in [0.4, 0.5) is 0 Å². The Morgan fingerprint density at radius 1 is 0.906 bits per heavy atom. The van der Waals surface area contributed by atoms with Gasteiger partial charge in [-0.3, -0.25) is 14.4 Å². The smallest absolute Gasteiger partial charge is 0.309 e. The number of ether oxygens (including phenoxy) is 3. The van der Waals surface area contributed by atoms with Gasteiger partial charge in [-0.25, -0.2) is 0 Å². The molecule has 4 rings (SSSR count). The summed E-state index contributed by atoms with van der Waals surface area (Å²) >= 11 is 0. The fourth-order valence-corrected chi connectivity index (χ4v) is 7.63. The van der Waals surface area contributed by atoms with Crippen LogP contribution in [-0.4, -0.2) is 38.2 Å². The van der Waals surface area contributed by atoms with E-state index in [-0.39, 0.29) is 53.6 Å². The first-order valence-corrected chi connectivity index (χ1v) is 12.3. The van der Waals surface area contributed by atoms with Crippen molar-refractivity contribution >= 4 is 17.9 Å². The van der Waals surface area contributed by atoms with Gasteiger partial charge in [0.15, 0.2) is 0 Å². The van der Waals surface area contributed by atoms with Crippen molar-refractivity contribution in [2.75, 3.05) is 14.2 Å². The molecule has 0 aromatic carbocycles. The number of esters is 3. The topological polar surface area (TPSA) is 78.9 Å². The van der Waals surface area contributed by atoms with Gasteiger partial charge in [0.1, 0.15) is 6.10 Å². The molecule has 178 valence electrons. The van der Waals surface area contributed by atoms with Crippen molar-refractivity contribution in [1.82, 2.24) is 0 Å². The van der Waals surface area contributed by atoms with E-state index in [0.29, 0.717) is 11.8 Å². The molecule has 3 fully saturated rings. The molecule has 4 aliphatic rings. The molecule has 6 nitrogen and oxygen atoms in total. The molecule has 0 heterocycles. The molecule has 0 bridgehead atoms. The maximum Gasteiger partial charge on any atom is 0.309 e. The number of allylic oxidation sites excluding steroid dienone is 2. The Hall–Kier alpha value is -1.85. The normalized spacial score (nSPS) is 38.2. The molecular formula is C26H38O6. The van der Waals surface area contributed by atoms with Gasteiger partial charge in [0.05, 0.1) is 33.0 Å². The zero-order valence-corrected chi connectivity index (χ0v) is 20.0. The molecule has 0 unspecified atom stereocenters. The average molecular weight is 447 g/mol. The lowest BCUT2D eigenvalue weighted by molar-refractivity contribution is -0.158. The van der Waals surface area contributed by atoms with E-state index in [1.54, 1.807) is 11.1 Å². The molecule has 32 heavy (non-hydrogen) atoms. The van der Waals surface area contributed by atoms with Crippen molar-refractivity contribution in [1.29, 1.82) is 0 Å². The van der Waals surface area contributed by atoms with E-state index >= 15 is 0 Å². The summed E-state index contributed by atoms with van der Waals surface area (Å²) in [5.74, 6) is 0.410. The number of hydrogen-bond donors (Lipinski definition) is 0. The highest BCUT2D eigenvalue weighted by Gasteiger charge is 2.56. The van der Waals surface area contributed by atoms with Gasteiger partial charge in [-0.05, 0) is 75.0 Å². The van der Waals surface area contributed by atoms with E-state index in [9.17, 15) is 14.4 Å². The minimum Gasteiger partial charge on any atom is -0.469 e. The molecule has 0 aromatic rings. The summed E-state index contributed by atoms with van der Waals surface area (Å²) in [6.07, 6.45) is 9.36. The lowest BCUT2D eigenvalue weighted by Crippen LogP contribution is -2.48. The van der Waals surface area contributed by atoms with Crippen LogP contribution in [0, 0.1) is 28.6 Å². The lowest BCUT2D eigenvalue weighted by atomic mass is 9.49. The minimum absolute atomic E-state index is 0.00150. The number of methoxy groups -OCH3 is 2. The first-order chi connectivity index (χ1) is 15.2. The monoisotopic (exact) mass is 446 g/mol. The number of rotatable bonds is 5. The predicted molar refractivity (Wildman–Crippen MR) is 118 cm³/mol. The van der Waals surface area contributed by atoms with Gasteiger partial charge in [0.2, 0.25) is 0 Å². The van der Waals surface area contributed by atoms with E-state index in [1.165, 1.54) is 14.2 Å². The van der Waals surface area contributed by atoms with E-state index < -0.39 is 0 Å². The molecular weight excluding hydrogens is 408 g/mol. The molecule has 4 aliphatic carbocycles. The Bertz CT molecular complexity index is 815. The first kappa shape index (κ1) is 23.3. The van der Waals surface area contributed by atoms with Crippen molar-refractivity contribution in [2.45, 2.75) is 90.6 Å². The number of hydrogen-bond acceptors (Lipinski definition) is 6. The second kappa shape index (κ2) is 8.83. The quantitative estimate of drug-likeness (QED) is 0.345. The third-order valence-electron chi connectivity index (χ3n) is 9.49. The molecule has 0 saturated heterocycles.